The second-order valence-electron chi connectivity index (χ2n) is 9.07. The Morgan fingerprint density at radius 3 is 2.85 bits per heavy atom. The van der Waals surface area contributed by atoms with Crippen LogP contribution in [0.4, 0.5) is 10.5 Å². The molecule has 2 aromatic rings. The Balaban J connectivity index is 1.48. The summed E-state index contributed by atoms with van der Waals surface area (Å²) in [6, 6.07) is 11.1. The first-order chi connectivity index (χ1) is 15.9. The lowest BCUT2D eigenvalue weighted by atomic mass is 9.75. The van der Waals surface area contributed by atoms with Crippen molar-refractivity contribution >= 4 is 17.7 Å². The topological polar surface area (TPSA) is 99.1 Å². The standard InChI is InChI=1S/C26H32N2O5/c1-2-12-28-13-4-6-19-15-21-18(16-22(19)28)9-10-23(29)25(21)33-26(32)27-20-7-3-5-17(14-20)8-11-24(30)31/h3,5,7,9-10,14,19,22,29H,2,4,6,8,11-13,15-16H2,1H3,(H,27,32)(H,30,31)/t19-,22?/m1/s1. The van der Waals surface area contributed by atoms with Crippen molar-refractivity contribution in [1.82, 2.24) is 4.90 Å². The molecule has 0 saturated carbocycles. The molecule has 1 unspecified atom stereocenters. The summed E-state index contributed by atoms with van der Waals surface area (Å²) < 4.78 is 5.63. The number of piperidine rings is 1. The fraction of sp³-hybridized carbons (Fsp3) is 0.462. The van der Waals surface area contributed by atoms with Gasteiger partial charge >= 0.3 is 12.1 Å². The predicted octanol–water partition coefficient (Wildman–Crippen LogP) is 4.61. The van der Waals surface area contributed by atoms with Crippen molar-refractivity contribution in [2.75, 3.05) is 18.4 Å². The average Bonchev–Trinajstić information content (AvgIpc) is 2.79. The van der Waals surface area contributed by atoms with Crippen LogP contribution in [0.5, 0.6) is 11.5 Å². The van der Waals surface area contributed by atoms with E-state index in [9.17, 15) is 14.7 Å². The molecular formula is C26H32N2O5. The van der Waals surface area contributed by atoms with Gasteiger partial charge in [0.05, 0.1) is 0 Å². The summed E-state index contributed by atoms with van der Waals surface area (Å²) in [5.74, 6) is -0.150. The molecular weight excluding hydrogens is 420 g/mol. The minimum atomic E-state index is -0.866. The molecule has 0 radical (unpaired) electrons. The van der Waals surface area contributed by atoms with Gasteiger partial charge in [0.2, 0.25) is 0 Å². The number of likely N-dealkylation sites (tertiary alicyclic amines) is 1. The number of hydrogen-bond donors (Lipinski definition) is 3. The summed E-state index contributed by atoms with van der Waals surface area (Å²) in [7, 11) is 0. The number of aryl methyl sites for hydroxylation is 1. The van der Waals surface area contributed by atoms with E-state index in [0.29, 0.717) is 24.1 Å². The van der Waals surface area contributed by atoms with Gasteiger partial charge in [0.25, 0.3) is 0 Å². The first-order valence-corrected chi connectivity index (χ1v) is 11.8. The van der Waals surface area contributed by atoms with Crippen LogP contribution in [0.2, 0.25) is 0 Å². The van der Waals surface area contributed by atoms with Gasteiger partial charge in [0.1, 0.15) is 0 Å². The summed E-state index contributed by atoms with van der Waals surface area (Å²) in [6.07, 6.45) is 4.88. The SMILES string of the molecule is CCCN1CCC[C@@H]2Cc3c(ccc(O)c3OC(=O)Nc3cccc(CCC(=O)O)c3)CC21. The Kier molecular flexibility index (Phi) is 7.18. The van der Waals surface area contributed by atoms with E-state index in [4.69, 9.17) is 9.84 Å². The minimum Gasteiger partial charge on any atom is -0.504 e. The highest BCUT2D eigenvalue weighted by Crippen LogP contribution is 2.42. The summed E-state index contributed by atoms with van der Waals surface area (Å²) >= 11 is 0. The van der Waals surface area contributed by atoms with Gasteiger partial charge < -0.3 is 14.9 Å². The Labute approximate surface area is 194 Å². The third-order valence-electron chi connectivity index (χ3n) is 6.77. The van der Waals surface area contributed by atoms with Crippen LogP contribution in [0.15, 0.2) is 36.4 Å². The zero-order chi connectivity index (χ0) is 23.4. The molecule has 2 atom stereocenters. The molecule has 1 aliphatic heterocycles. The van der Waals surface area contributed by atoms with Gasteiger partial charge in [-0.3, -0.25) is 15.0 Å². The van der Waals surface area contributed by atoms with E-state index in [1.165, 1.54) is 6.42 Å². The maximum Gasteiger partial charge on any atom is 0.417 e. The van der Waals surface area contributed by atoms with E-state index in [1.807, 2.05) is 12.1 Å². The predicted molar refractivity (Wildman–Crippen MR) is 126 cm³/mol. The van der Waals surface area contributed by atoms with E-state index in [-0.39, 0.29) is 17.9 Å². The minimum absolute atomic E-state index is 0.0236. The van der Waals surface area contributed by atoms with Gasteiger partial charge in [-0.25, -0.2) is 4.79 Å². The lowest BCUT2D eigenvalue weighted by Gasteiger charge is -2.45. The van der Waals surface area contributed by atoms with Crippen molar-refractivity contribution in [1.29, 1.82) is 0 Å². The van der Waals surface area contributed by atoms with Crippen molar-refractivity contribution in [2.24, 2.45) is 5.92 Å². The summed E-state index contributed by atoms with van der Waals surface area (Å²) in [5.41, 5.74) is 3.40. The molecule has 1 amide bonds. The van der Waals surface area contributed by atoms with E-state index in [2.05, 4.69) is 17.1 Å². The number of ether oxygens (including phenoxy) is 1. The molecule has 7 heteroatoms. The quantitative estimate of drug-likeness (QED) is 0.567. The number of carbonyl (C=O) groups is 2. The molecule has 7 nitrogen and oxygen atoms in total. The maximum atomic E-state index is 12.7. The number of carboxylic acid groups (broad SMARTS) is 1. The van der Waals surface area contributed by atoms with Crippen molar-refractivity contribution in [3.8, 4) is 11.5 Å². The van der Waals surface area contributed by atoms with Gasteiger partial charge in [0.15, 0.2) is 11.5 Å². The van der Waals surface area contributed by atoms with Gasteiger partial charge in [-0.2, -0.15) is 0 Å². The molecule has 1 aliphatic carbocycles. The largest absolute Gasteiger partial charge is 0.504 e. The van der Waals surface area contributed by atoms with Crippen LogP contribution in [0.1, 0.15) is 49.3 Å². The van der Waals surface area contributed by atoms with Crippen LogP contribution in [0, 0.1) is 5.92 Å². The van der Waals surface area contributed by atoms with Crippen LogP contribution in [-0.4, -0.2) is 46.3 Å². The van der Waals surface area contributed by atoms with E-state index >= 15 is 0 Å². The number of aromatic hydroxyl groups is 1. The second kappa shape index (κ2) is 10.3. The molecule has 1 saturated heterocycles. The third kappa shape index (κ3) is 5.47. The van der Waals surface area contributed by atoms with Crippen molar-refractivity contribution in [3.63, 3.8) is 0 Å². The van der Waals surface area contributed by atoms with Crippen LogP contribution in [-0.2, 0) is 24.1 Å². The first-order valence-electron chi connectivity index (χ1n) is 11.8. The van der Waals surface area contributed by atoms with Crippen molar-refractivity contribution in [2.45, 2.75) is 57.9 Å². The van der Waals surface area contributed by atoms with E-state index < -0.39 is 12.1 Å². The number of amides is 1. The zero-order valence-corrected chi connectivity index (χ0v) is 19.0. The van der Waals surface area contributed by atoms with Crippen molar-refractivity contribution < 1.29 is 24.5 Å². The molecule has 0 spiro atoms. The molecule has 3 N–H and O–H groups in total. The smallest absolute Gasteiger partial charge is 0.417 e. The lowest BCUT2D eigenvalue weighted by molar-refractivity contribution is -0.136. The molecule has 0 bridgehead atoms. The molecule has 33 heavy (non-hydrogen) atoms. The molecule has 2 aromatic carbocycles. The van der Waals surface area contributed by atoms with E-state index in [0.717, 1.165) is 55.5 Å². The number of nitrogens with one attached hydrogen (secondary N) is 1. The van der Waals surface area contributed by atoms with Gasteiger partial charge in [-0.05, 0) is 86.9 Å². The average molecular weight is 453 g/mol. The highest BCUT2D eigenvalue weighted by molar-refractivity contribution is 5.87. The number of carboxylic acids is 1. The van der Waals surface area contributed by atoms with Crippen LogP contribution >= 0.6 is 0 Å². The number of nitrogens with zero attached hydrogens (tertiary/aromatic N) is 1. The summed E-state index contributed by atoms with van der Waals surface area (Å²) in [4.78, 5) is 26.1. The van der Waals surface area contributed by atoms with Crippen LogP contribution in [0.3, 0.4) is 0 Å². The molecule has 2 aliphatic rings. The molecule has 0 aromatic heterocycles. The van der Waals surface area contributed by atoms with Crippen LogP contribution < -0.4 is 10.1 Å². The monoisotopic (exact) mass is 452 g/mol. The third-order valence-corrected chi connectivity index (χ3v) is 6.77. The molecule has 4 rings (SSSR count). The number of anilines is 1. The summed E-state index contributed by atoms with van der Waals surface area (Å²) in [5, 5.41) is 22.1. The van der Waals surface area contributed by atoms with Gasteiger partial charge in [-0.15, -0.1) is 0 Å². The molecule has 1 heterocycles. The van der Waals surface area contributed by atoms with Crippen molar-refractivity contribution in [3.05, 3.63) is 53.1 Å². The lowest BCUT2D eigenvalue weighted by Crippen LogP contribution is -2.49. The Hall–Kier alpha value is -3.06. The normalized spacial score (nSPS) is 19.9. The first kappa shape index (κ1) is 23.1. The highest BCUT2D eigenvalue weighted by Gasteiger charge is 2.37. The number of hydrogen-bond acceptors (Lipinski definition) is 5. The number of fused-ring (bicyclic) bond motifs is 2. The second-order valence-corrected chi connectivity index (χ2v) is 9.07. The number of benzene rings is 2. The molecule has 1 fully saturated rings. The Morgan fingerprint density at radius 2 is 2.06 bits per heavy atom. The Morgan fingerprint density at radius 1 is 1.21 bits per heavy atom. The molecule has 176 valence electrons. The van der Waals surface area contributed by atoms with Crippen LogP contribution in [0.25, 0.3) is 0 Å². The van der Waals surface area contributed by atoms with Gasteiger partial charge in [-0.1, -0.05) is 25.1 Å². The number of aliphatic carboxylic acids is 1. The highest BCUT2D eigenvalue weighted by atomic mass is 16.6. The number of phenols is 1. The van der Waals surface area contributed by atoms with Gasteiger partial charge in [0, 0.05) is 23.7 Å². The fourth-order valence-electron chi connectivity index (χ4n) is 5.28. The fourth-order valence-corrected chi connectivity index (χ4v) is 5.28. The zero-order valence-electron chi connectivity index (χ0n) is 19.0. The summed E-state index contributed by atoms with van der Waals surface area (Å²) in [6.45, 7) is 4.45. The number of phenolic OH excluding ortho intramolecular Hbond substituents is 1. The Bertz CT molecular complexity index is 1020. The number of rotatable bonds is 7. The number of carbonyl (C=O) groups excluding carboxylic acids is 1. The maximum absolute atomic E-state index is 12.7. The van der Waals surface area contributed by atoms with E-state index in [1.54, 1.807) is 24.3 Å².